The van der Waals surface area contributed by atoms with E-state index in [-0.39, 0.29) is 12.0 Å². The van der Waals surface area contributed by atoms with Gasteiger partial charge in [0.25, 0.3) is 5.91 Å². The van der Waals surface area contributed by atoms with Gasteiger partial charge in [-0.1, -0.05) is 0 Å². The summed E-state index contributed by atoms with van der Waals surface area (Å²) in [4.78, 5) is 14.2. The molecule has 7 heteroatoms. The number of amides is 1. The standard InChI is InChI=1S/C12H19N3O3S/c1-14-11(17)10-8(13)9(18-2)12(19-10)15-5-3-4-7(16)6-15/h7,16H,3-6,13H2,1-2H3,(H,14,17). The molecule has 0 bridgehead atoms. The normalized spacial score (nSPS) is 19.3. The Kier molecular flexibility index (Phi) is 4.16. The van der Waals surface area contributed by atoms with Crippen LogP contribution >= 0.6 is 11.3 Å². The molecule has 106 valence electrons. The molecule has 1 aliphatic heterocycles. The van der Waals surface area contributed by atoms with Crippen LogP contribution in [-0.2, 0) is 0 Å². The summed E-state index contributed by atoms with van der Waals surface area (Å²) >= 11 is 1.30. The molecule has 1 aromatic heterocycles. The number of ether oxygens (including phenoxy) is 1. The third kappa shape index (κ3) is 2.62. The molecule has 1 aromatic rings. The van der Waals surface area contributed by atoms with Crippen molar-refractivity contribution in [3.8, 4) is 5.75 Å². The lowest BCUT2D eigenvalue weighted by molar-refractivity contribution is 0.0967. The molecule has 4 N–H and O–H groups in total. The molecule has 2 heterocycles. The number of thiophene rings is 1. The average molecular weight is 285 g/mol. The maximum Gasteiger partial charge on any atom is 0.263 e. The van der Waals surface area contributed by atoms with Gasteiger partial charge in [-0.3, -0.25) is 4.79 Å². The van der Waals surface area contributed by atoms with Gasteiger partial charge in [-0.05, 0) is 12.8 Å². The van der Waals surface area contributed by atoms with Crippen LogP contribution in [0.25, 0.3) is 0 Å². The second kappa shape index (κ2) is 5.66. The number of piperidine rings is 1. The van der Waals surface area contributed by atoms with Crippen LogP contribution in [0.1, 0.15) is 22.5 Å². The van der Waals surface area contributed by atoms with Gasteiger partial charge in [0.05, 0.1) is 13.2 Å². The van der Waals surface area contributed by atoms with E-state index in [0.29, 0.717) is 22.9 Å². The molecule has 2 rings (SSSR count). The minimum absolute atomic E-state index is 0.218. The summed E-state index contributed by atoms with van der Waals surface area (Å²) in [6, 6.07) is 0. The summed E-state index contributed by atoms with van der Waals surface area (Å²) in [6.07, 6.45) is 1.38. The fourth-order valence-electron chi connectivity index (χ4n) is 2.24. The molecule has 0 aromatic carbocycles. The Morgan fingerprint density at radius 2 is 2.37 bits per heavy atom. The predicted molar refractivity (Wildman–Crippen MR) is 76.1 cm³/mol. The Morgan fingerprint density at radius 1 is 1.63 bits per heavy atom. The molecule has 0 aliphatic carbocycles. The maximum atomic E-state index is 11.8. The number of carbonyl (C=O) groups is 1. The van der Waals surface area contributed by atoms with Gasteiger partial charge in [0.2, 0.25) is 0 Å². The zero-order valence-corrected chi connectivity index (χ0v) is 11.9. The van der Waals surface area contributed by atoms with E-state index >= 15 is 0 Å². The van der Waals surface area contributed by atoms with E-state index in [2.05, 4.69) is 5.32 Å². The fraction of sp³-hybridized carbons (Fsp3) is 0.583. The minimum Gasteiger partial charge on any atom is -0.492 e. The third-order valence-electron chi connectivity index (χ3n) is 3.20. The van der Waals surface area contributed by atoms with Gasteiger partial charge in [0.1, 0.15) is 15.6 Å². The van der Waals surface area contributed by atoms with E-state index in [4.69, 9.17) is 10.5 Å². The van der Waals surface area contributed by atoms with E-state index in [1.807, 2.05) is 4.90 Å². The SMILES string of the molecule is CNC(=O)c1sc(N2CCCC(O)C2)c(OC)c1N. The van der Waals surface area contributed by atoms with Crippen LogP contribution in [0.15, 0.2) is 0 Å². The highest BCUT2D eigenvalue weighted by molar-refractivity contribution is 7.19. The zero-order valence-electron chi connectivity index (χ0n) is 11.1. The number of aliphatic hydroxyl groups is 1. The van der Waals surface area contributed by atoms with Crippen LogP contribution in [0, 0.1) is 0 Å². The highest BCUT2D eigenvalue weighted by Crippen LogP contribution is 2.45. The molecule has 0 radical (unpaired) electrons. The Morgan fingerprint density at radius 3 is 2.95 bits per heavy atom. The number of rotatable bonds is 3. The van der Waals surface area contributed by atoms with Gasteiger partial charge in [0, 0.05) is 20.1 Å². The molecule has 1 fully saturated rings. The van der Waals surface area contributed by atoms with Gasteiger partial charge in [-0.25, -0.2) is 0 Å². The summed E-state index contributed by atoms with van der Waals surface area (Å²) in [6.45, 7) is 1.38. The lowest BCUT2D eigenvalue weighted by Crippen LogP contribution is -2.37. The molecule has 1 atom stereocenters. The highest BCUT2D eigenvalue weighted by atomic mass is 32.1. The first-order valence-electron chi connectivity index (χ1n) is 6.19. The first-order chi connectivity index (χ1) is 9.08. The number of β-amino-alcohol motifs (C(OH)–C–C–N with tert-alkyl or cyclic N) is 1. The molecule has 19 heavy (non-hydrogen) atoms. The van der Waals surface area contributed by atoms with Gasteiger partial charge < -0.3 is 25.8 Å². The summed E-state index contributed by atoms with van der Waals surface area (Å²) < 4.78 is 5.32. The monoisotopic (exact) mass is 285 g/mol. The number of methoxy groups -OCH3 is 1. The number of hydrogen-bond donors (Lipinski definition) is 3. The van der Waals surface area contributed by atoms with Crippen molar-refractivity contribution < 1.29 is 14.6 Å². The van der Waals surface area contributed by atoms with Crippen molar-refractivity contribution >= 4 is 27.9 Å². The third-order valence-corrected chi connectivity index (χ3v) is 4.45. The average Bonchev–Trinajstić information content (AvgIpc) is 2.75. The summed E-state index contributed by atoms with van der Waals surface area (Å²) in [5, 5.41) is 13.1. The Bertz CT molecular complexity index is 475. The van der Waals surface area contributed by atoms with Crippen molar-refractivity contribution in [2.75, 3.05) is 37.9 Å². The molecule has 1 amide bonds. The molecule has 1 saturated heterocycles. The quantitative estimate of drug-likeness (QED) is 0.759. The number of aliphatic hydroxyl groups excluding tert-OH is 1. The molecule has 1 aliphatic rings. The molecular formula is C12H19N3O3S. The fourth-order valence-corrected chi connectivity index (χ4v) is 3.41. The number of nitrogen functional groups attached to an aromatic ring is 1. The predicted octanol–water partition coefficient (Wildman–Crippen LogP) is 0.660. The number of carbonyl (C=O) groups excluding carboxylic acids is 1. The lowest BCUT2D eigenvalue weighted by atomic mass is 10.1. The van der Waals surface area contributed by atoms with Crippen LogP contribution in [0.5, 0.6) is 5.75 Å². The second-order valence-electron chi connectivity index (χ2n) is 4.50. The summed E-state index contributed by atoms with van der Waals surface area (Å²) in [7, 11) is 3.11. The highest BCUT2D eigenvalue weighted by Gasteiger charge is 2.27. The lowest BCUT2D eigenvalue weighted by Gasteiger charge is -2.31. The van der Waals surface area contributed by atoms with Crippen molar-refractivity contribution in [2.45, 2.75) is 18.9 Å². The van der Waals surface area contributed by atoms with E-state index in [9.17, 15) is 9.90 Å². The van der Waals surface area contributed by atoms with Gasteiger partial charge in [-0.2, -0.15) is 0 Å². The number of anilines is 2. The Hall–Kier alpha value is -1.47. The smallest absolute Gasteiger partial charge is 0.263 e. The van der Waals surface area contributed by atoms with Crippen molar-refractivity contribution in [2.24, 2.45) is 0 Å². The Balaban J connectivity index is 2.36. The molecule has 0 spiro atoms. The molecule has 1 unspecified atom stereocenters. The van der Waals surface area contributed by atoms with E-state index < -0.39 is 0 Å². The first kappa shape index (κ1) is 14.0. The molecule has 6 nitrogen and oxygen atoms in total. The van der Waals surface area contributed by atoms with Crippen LogP contribution in [0.3, 0.4) is 0 Å². The molecular weight excluding hydrogens is 266 g/mol. The van der Waals surface area contributed by atoms with Crippen molar-refractivity contribution in [3.05, 3.63) is 4.88 Å². The van der Waals surface area contributed by atoms with Crippen LogP contribution in [0.2, 0.25) is 0 Å². The van der Waals surface area contributed by atoms with E-state index in [0.717, 1.165) is 24.4 Å². The largest absolute Gasteiger partial charge is 0.492 e. The van der Waals surface area contributed by atoms with Crippen molar-refractivity contribution in [1.82, 2.24) is 5.32 Å². The molecule has 0 saturated carbocycles. The van der Waals surface area contributed by atoms with Crippen LogP contribution in [-0.4, -0.2) is 44.4 Å². The van der Waals surface area contributed by atoms with Crippen molar-refractivity contribution in [3.63, 3.8) is 0 Å². The number of nitrogens with one attached hydrogen (secondary N) is 1. The van der Waals surface area contributed by atoms with Gasteiger partial charge >= 0.3 is 0 Å². The summed E-state index contributed by atoms with van der Waals surface area (Å²) in [5.74, 6) is 0.308. The first-order valence-corrected chi connectivity index (χ1v) is 7.01. The van der Waals surface area contributed by atoms with Gasteiger partial charge in [0.15, 0.2) is 5.75 Å². The zero-order chi connectivity index (χ0) is 14.0. The number of nitrogens with two attached hydrogens (primary N) is 1. The number of nitrogens with zero attached hydrogens (tertiary/aromatic N) is 1. The topological polar surface area (TPSA) is 87.8 Å². The van der Waals surface area contributed by atoms with Crippen molar-refractivity contribution in [1.29, 1.82) is 0 Å². The van der Waals surface area contributed by atoms with Crippen LogP contribution in [0.4, 0.5) is 10.7 Å². The summed E-state index contributed by atoms with van der Waals surface area (Å²) in [5.41, 5.74) is 6.33. The maximum absolute atomic E-state index is 11.8. The van der Waals surface area contributed by atoms with E-state index in [1.165, 1.54) is 18.4 Å². The minimum atomic E-state index is -0.342. The number of hydrogen-bond acceptors (Lipinski definition) is 6. The van der Waals surface area contributed by atoms with E-state index in [1.54, 1.807) is 7.05 Å². The second-order valence-corrected chi connectivity index (χ2v) is 5.50. The van der Waals surface area contributed by atoms with Gasteiger partial charge in [-0.15, -0.1) is 11.3 Å². The van der Waals surface area contributed by atoms with Crippen LogP contribution < -0.4 is 20.7 Å². The Labute approximate surface area is 116 Å².